The first-order chi connectivity index (χ1) is 29.9. The molecule has 1 aliphatic carbocycles. The third-order valence-electron chi connectivity index (χ3n) is 10.3. The highest BCUT2D eigenvalue weighted by molar-refractivity contribution is 6.24. The van der Waals surface area contributed by atoms with Crippen LogP contribution < -0.4 is 0 Å². The zero-order valence-corrected chi connectivity index (χ0v) is 30.8. The van der Waals surface area contributed by atoms with Crippen molar-refractivity contribution in [3.8, 4) is 0 Å². The molecule has 8 heterocycles. The number of carbonyl (C=O) groups excluding carboxylic acids is 16. The fourth-order valence-electron chi connectivity index (χ4n) is 8.08. The Morgan fingerprint density at radius 2 is 0.508 bits per heavy atom. The number of hydrogen-bond donors (Lipinski definition) is 0. The van der Waals surface area contributed by atoms with Gasteiger partial charge in [0.05, 0.1) is 0 Å². The molecule has 1 atom stereocenters. The second-order valence-corrected chi connectivity index (χ2v) is 13.5. The van der Waals surface area contributed by atoms with Gasteiger partial charge >= 0.3 is 0 Å². The maximum atomic E-state index is 14.6. The Bertz CT molecular complexity index is 2750. The van der Waals surface area contributed by atoms with Crippen LogP contribution in [-0.2, 0) is 81.6 Å². The highest BCUT2D eigenvalue weighted by atomic mass is 16.7. The third kappa shape index (κ3) is 4.83. The summed E-state index contributed by atoms with van der Waals surface area (Å²) in [7, 11) is 0. The smallest absolute Gasteiger partial charge is 0.269 e. The van der Waals surface area contributed by atoms with Gasteiger partial charge in [-0.25, -0.2) is 39.1 Å². The molecular formula is C38H16N8O17. The summed E-state index contributed by atoms with van der Waals surface area (Å²) in [5.74, 6) is -26.2. The van der Waals surface area contributed by atoms with Crippen LogP contribution in [0.15, 0.2) is 120 Å². The van der Waals surface area contributed by atoms with Crippen molar-refractivity contribution >= 4 is 94.5 Å². The summed E-state index contributed by atoms with van der Waals surface area (Å²) in [6, 6.07) is 0. The molecule has 16 amide bonds. The number of hydrogen-bond acceptors (Lipinski definition) is 17. The van der Waals surface area contributed by atoms with Gasteiger partial charge in [-0.05, 0) is 0 Å². The highest BCUT2D eigenvalue weighted by Crippen LogP contribution is 2.59. The first-order valence-corrected chi connectivity index (χ1v) is 17.6. The van der Waals surface area contributed by atoms with Crippen LogP contribution in [0.3, 0.4) is 0 Å². The van der Waals surface area contributed by atoms with Gasteiger partial charge in [0, 0.05) is 97.2 Å². The van der Waals surface area contributed by atoms with Crippen molar-refractivity contribution in [2.24, 2.45) is 0 Å². The van der Waals surface area contributed by atoms with Crippen molar-refractivity contribution in [3.05, 3.63) is 120 Å². The van der Waals surface area contributed by atoms with Crippen LogP contribution in [-0.4, -0.2) is 145 Å². The van der Waals surface area contributed by atoms with Gasteiger partial charge in [-0.15, -0.1) is 5.06 Å². The molecule has 25 nitrogen and oxygen atoms in total. The van der Waals surface area contributed by atoms with Crippen molar-refractivity contribution < 1.29 is 81.6 Å². The number of imide groups is 8. The summed E-state index contributed by atoms with van der Waals surface area (Å²) in [4.78, 5) is 234. The molecule has 0 fully saturated rings. The van der Waals surface area contributed by atoms with Gasteiger partial charge in [-0.3, -0.25) is 76.7 Å². The van der Waals surface area contributed by atoms with Crippen molar-refractivity contribution in [1.82, 2.24) is 39.4 Å². The molecule has 25 heteroatoms. The van der Waals surface area contributed by atoms with Crippen LogP contribution in [0.25, 0.3) is 0 Å². The lowest BCUT2D eigenvalue weighted by Gasteiger charge is -2.62. The molecule has 8 aliphatic heterocycles. The van der Waals surface area contributed by atoms with E-state index in [9.17, 15) is 76.7 Å². The molecule has 1 unspecified atom stereocenters. The SMILES string of the molecule is O=C1C=CC(=O)N1OC1(N2C(=O)C=CC2=O)C(N2C(=O)C=CC2=O)=C(N2C(=O)C=CC2=O)C(N2C(=O)C=CC2=O)=C(N2C(=O)C=CC2=O)C1(N1C(=O)C=CC1=O)N1C(=O)C=CC1=O. The quantitative estimate of drug-likeness (QED) is 0.196. The molecule has 9 rings (SSSR count). The maximum absolute atomic E-state index is 14.6. The molecule has 9 aliphatic rings. The molecule has 310 valence electrons. The zero-order chi connectivity index (χ0) is 45.2. The van der Waals surface area contributed by atoms with Crippen LogP contribution in [0, 0.1) is 0 Å². The molecule has 0 spiro atoms. The van der Waals surface area contributed by atoms with Gasteiger partial charge < -0.3 is 0 Å². The van der Waals surface area contributed by atoms with E-state index in [0.29, 0.717) is 97.2 Å². The van der Waals surface area contributed by atoms with Crippen molar-refractivity contribution in [2.75, 3.05) is 0 Å². The Balaban J connectivity index is 1.66. The average molecular weight is 857 g/mol. The van der Waals surface area contributed by atoms with E-state index in [0.717, 1.165) is 0 Å². The highest BCUT2D eigenvalue weighted by Gasteiger charge is 2.82. The van der Waals surface area contributed by atoms with E-state index in [-0.39, 0.29) is 39.4 Å². The van der Waals surface area contributed by atoms with Gasteiger partial charge in [-0.1, -0.05) is 0 Å². The summed E-state index contributed by atoms with van der Waals surface area (Å²) >= 11 is 0. The molecule has 0 N–H and O–H groups in total. The van der Waals surface area contributed by atoms with Crippen LogP contribution in [0.2, 0.25) is 0 Å². The molecule has 0 bridgehead atoms. The predicted octanol–water partition coefficient (Wildman–Crippen LogP) is -4.85. The van der Waals surface area contributed by atoms with E-state index in [1.807, 2.05) is 0 Å². The standard InChI is InChI=1S/C38H16N8O17/c47-17-1-2-18(48)39(17)33-34(40-19(49)3-4-20(40)50)36(42-23(53)7-8-24(42)54)38(45-29(59)13-14-30(45)60,63-46-31(61)15-16-32(46)62)37(43-25(55)9-10-26(43)56,44-27(57)11-12-28(44)58)35(33)41-21(51)5-6-22(41)52/h1-16H. The average Bonchev–Trinajstić information content (AvgIpc) is 4.14. The Morgan fingerprint density at radius 3 is 0.841 bits per heavy atom. The van der Waals surface area contributed by atoms with Crippen LogP contribution in [0.5, 0.6) is 0 Å². The summed E-state index contributed by atoms with van der Waals surface area (Å²) in [6.45, 7) is 0. The second kappa shape index (κ2) is 13.0. The Kier molecular flexibility index (Phi) is 8.03. The first kappa shape index (κ1) is 39.0. The number of carbonyl (C=O) groups is 16. The summed E-state index contributed by atoms with van der Waals surface area (Å²) in [6.07, 6.45) is 7.58. The second-order valence-electron chi connectivity index (χ2n) is 13.5. The summed E-state index contributed by atoms with van der Waals surface area (Å²) in [5, 5.41) is -0.339. The van der Waals surface area contributed by atoms with E-state index >= 15 is 0 Å². The van der Waals surface area contributed by atoms with Gasteiger partial charge in [0.1, 0.15) is 22.8 Å². The molecule has 0 aromatic carbocycles. The summed E-state index contributed by atoms with van der Waals surface area (Å²) in [5.41, 5.74) is -15.4. The number of amides is 16. The molecule has 0 aromatic heterocycles. The van der Waals surface area contributed by atoms with Crippen molar-refractivity contribution in [1.29, 1.82) is 0 Å². The Morgan fingerprint density at radius 1 is 0.270 bits per heavy atom. The number of nitrogens with zero attached hydrogens (tertiary/aromatic N) is 8. The fourth-order valence-corrected chi connectivity index (χ4v) is 8.08. The number of hydroxylamine groups is 2. The molecular weight excluding hydrogens is 840 g/mol. The predicted molar refractivity (Wildman–Crippen MR) is 189 cm³/mol. The first-order valence-electron chi connectivity index (χ1n) is 17.6. The topological polar surface area (TPSA) is 308 Å². The lowest BCUT2D eigenvalue weighted by atomic mass is 9.75. The summed E-state index contributed by atoms with van der Waals surface area (Å²) < 4.78 is 0. The number of rotatable bonds is 9. The Labute approximate surface area is 346 Å². The molecule has 0 aromatic rings. The Hall–Kier alpha value is -9.52. The van der Waals surface area contributed by atoms with Crippen molar-refractivity contribution in [3.63, 3.8) is 0 Å². The van der Waals surface area contributed by atoms with Crippen molar-refractivity contribution in [2.45, 2.75) is 11.4 Å². The monoisotopic (exact) mass is 856 g/mol. The van der Waals surface area contributed by atoms with E-state index in [4.69, 9.17) is 4.84 Å². The lowest BCUT2D eigenvalue weighted by molar-refractivity contribution is -0.301. The van der Waals surface area contributed by atoms with Crippen LogP contribution in [0.4, 0.5) is 0 Å². The molecule has 0 radical (unpaired) electrons. The largest absolute Gasteiger partial charge is 0.278 e. The minimum atomic E-state index is -4.45. The van der Waals surface area contributed by atoms with Gasteiger partial charge in [0.15, 0.2) is 0 Å². The van der Waals surface area contributed by atoms with E-state index in [1.165, 1.54) is 0 Å². The normalized spacial score (nSPS) is 25.3. The van der Waals surface area contributed by atoms with Crippen LogP contribution in [0.1, 0.15) is 0 Å². The van der Waals surface area contributed by atoms with E-state index in [2.05, 4.69) is 0 Å². The molecule has 0 saturated heterocycles. The maximum Gasteiger partial charge on any atom is 0.278 e. The molecule has 0 saturated carbocycles. The molecule has 63 heavy (non-hydrogen) atoms. The van der Waals surface area contributed by atoms with Crippen LogP contribution >= 0.6 is 0 Å². The van der Waals surface area contributed by atoms with Gasteiger partial charge in [0.2, 0.25) is 5.66 Å². The van der Waals surface area contributed by atoms with Gasteiger partial charge in [0.25, 0.3) is 100 Å². The van der Waals surface area contributed by atoms with E-state index < -0.39 is 129 Å². The lowest BCUT2D eigenvalue weighted by Crippen LogP contribution is -2.86. The fraction of sp³-hybridized carbons (Fsp3) is 0.0526. The third-order valence-corrected chi connectivity index (χ3v) is 10.3. The van der Waals surface area contributed by atoms with E-state index in [1.54, 1.807) is 0 Å². The zero-order valence-electron chi connectivity index (χ0n) is 30.8. The minimum Gasteiger partial charge on any atom is -0.269 e. The minimum absolute atomic E-state index is 0.0456. The van der Waals surface area contributed by atoms with Gasteiger partial charge in [-0.2, -0.15) is 0 Å².